The van der Waals surface area contributed by atoms with Crippen LogP contribution in [0.1, 0.15) is 25.0 Å². The third-order valence-corrected chi connectivity index (χ3v) is 2.20. The average molecular weight is 222 g/mol. The smallest absolute Gasteiger partial charge is 0.333 e. The minimum absolute atomic E-state index is 0.275. The third-order valence-electron chi connectivity index (χ3n) is 2.20. The Morgan fingerprint density at radius 1 is 1.50 bits per heavy atom. The van der Waals surface area contributed by atoms with Gasteiger partial charge in [-0.25, -0.2) is 9.18 Å². The van der Waals surface area contributed by atoms with Gasteiger partial charge in [0.05, 0.1) is 6.61 Å². The molecule has 0 amide bonds. The molecule has 0 spiro atoms. The molecule has 0 unspecified atom stereocenters. The zero-order chi connectivity index (χ0) is 12.1. The van der Waals surface area contributed by atoms with Gasteiger partial charge in [0.25, 0.3) is 0 Å². The number of carbonyl (C=O) groups is 1. The van der Waals surface area contributed by atoms with E-state index in [0.717, 1.165) is 11.1 Å². The van der Waals surface area contributed by atoms with Crippen LogP contribution in [0.15, 0.2) is 23.8 Å². The molecule has 2 nitrogen and oxygen atoms in total. The minimum Gasteiger partial charge on any atom is -0.463 e. The van der Waals surface area contributed by atoms with Gasteiger partial charge < -0.3 is 4.74 Å². The van der Waals surface area contributed by atoms with Gasteiger partial charge in [0, 0.05) is 5.57 Å². The number of rotatable bonds is 3. The molecule has 16 heavy (non-hydrogen) atoms. The minimum atomic E-state index is -0.341. The molecule has 0 aromatic heterocycles. The van der Waals surface area contributed by atoms with Gasteiger partial charge in [-0.1, -0.05) is 6.07 Å². The molecule has 1 rings (SSSR count). The molecule has 3 heteroatoms. The lowest BCUT2D eigenvalue weighted by atomic mass is 10.1. The maximum Gasteiger partial charge on any atom is 0.333 e. The number of benzene rings is 1. The van der Waals surface area contributed by atoms with Crippen LogP contribution in [0.4, 0.5) is 4.39 Å². The van der Waals surface area contributed by atoms with Crippen molar-refractivity contribution in [1.29, 1.82) is 0 Å². The quantitative estimate of drug-likeness (QED) is 0.580. The van der Waals surface area contributed by atoms with Gasteiger partial charge in [-0.15, -0.1) is 0 Å². The Morgan fingerprint density at radius 2 is 2.19 bits per heavy atom. The van der Waals surface area contributed by atoms with E-state index in [-0.39, 0.29) is 11.8 Å². The first-order chi connectivity index (χ1) is 7.54. The van der Waals surface area contributed by atoms with Crippen molar-refractivity contribution < 1.29 is 13.9 Å². The van der Waals surface area contributed by atoms with E-state index in [1.807, 2.05) is 0 Å². The van der Waals surface area contributed by atoms with Gasteiger partial charge in [-0.2, -0.15) is 0 Å². The average Bonchev–Trinajstić information content (AvgIpc) is 2.22. The molecule has 0 N–H and O–H groups in total. The van der Waals surface area contributed by atoms with Crippen molar-refractivity contribution in [1.82, 2.24) is 0 Å². The Balaban J connectivity index is 2.94. The van der Waals surface area contributed by atoms with E-state index in [9.17, 15) is 9.18 Å². The highest BCUT2D eigenvalue weighted by molar-refractivity contribution is 5.93. The molecule has 0 saturated carbocycles. The van der Waals surface area contributed by atoms with Gasteiger partial charge in [0.2, 0.25) is 0 Å². The number of hydrogen-bond acceptors (Lipinski definition) is 2. The summed E-state index contributed by atoms with van der Waals surface area (Å²) in [5, 5.41) is 0. The van der Waals surface area contributed by atoms with E-state index >= 15 is 0 Å². The molecular weight excluding hydrogens is 207 g/mol. The highest BCUT2D eigenvalue weighted by atomic mass is 19.1. The summed E-state index contributed by atoms with van der Waals surface area (Å²) >= 11 is 0. The van der Waals surface area contributed by atoms with Gasteiger partial charge in [-0.05, 0) is 50.1 Å². The van der Waals surface area contributed by atoms with Crippen molar-refractivity contribution in [2.45, 2.75) is 20.8 Å². The Hall–Kier alpha value is -1.64. The predicted octanol–water partition coefficient (Wildman–Crippen LogP) is 3.10. The van der Waals surface area contributed by atoms with Crippen LogP contribution in [0.25, 0.3) is 6.08 Å². The number of halogens is 1. The monoisotopic (exact) mass is 222 g/mol. The van der Waals surface area contributed by atoms with E-state index in [1.54, 1.807) is 32.9 Å². The molecule has 1 aromatic carbocycles. The van der Waals surface area contributed by atoms with Gasteiger partial charge in [0.1, 0.15) is 5.82 Å². The van der Waals surface area contributed by atoms with Gasteiger partial charge in [-0.3, -0.25) is 0 Å². The molecule has 1 aromatic rings. The number of aryl methyl sites for hydroxylation is 1. The number of hydrogen-bond donors (Lipinski definition) is 0. The van der Waals surface area contributed by atoms with Crippen LogP contribution in [0.3, 0.4) is 0 Å². The summed E-state index contributed by atoms with van der Waals surface area (Å²) in [6, 6.07) is 4.45. The summed E-state index contributed by atoms with van der Waals surface area (Å²) < 4.78 is 17.7. The second-order valence-corrected chi connectivity index (χ2v) is 3.55. The van der Waals surface area contributed by atoms with Gasteiger partial charge >= 0.3 is 5.97 Å². The van der Waals surface area contributed by atoms with Crippen LogP contribution in [-0.4, -0.2) is 12.6 Å². The molecule has 0 saturated heterocycles. The summed E-state index contributed by atoms with van der Waals surface area (Å²) in [6.45, 7) is 5.59. The summed E-state index contributed by atoms with van der Waals surface area (Å²) in [6.07, 6.45) is 1.70. The molecular formula is C13H15FO2. The lowest BCUT2D eigenvalue weighted by Gasteiger charge is -2.04. The van der Waals surface area contributed by atoms with Crippen molar-refractivity contribution in [2.24, 2.45) is 0 Å². The first-order valence-corrected chi connectivity index (χ1v) is 5.16. The van der Waals surface area contributed by atoms with E-state index < -0.39 is 0 Å². The molecule has 0 fully saturated rings. The summed E-state index contributed by atoms with van der Waals surface area (Å²) in [7, 11) is 0. The number of esters is 1. The second-order valence-electron chi connectivity index (χ2n) is 3.55. The fourth-order valence-corrected chi connectivity index (χ4v) is 1.34. The van der Waals surface area contributed by atoms with Crippen LogP contribution in [-0.2, 0) is 9.53 Å². The van der Waals surface area contributed by atoms with Crippen LogP contribution in [0, 0.1) is 12.7 Å². The van der Waals surface area contributed by atoms with Crippen molar-refractivity contribution in [3.63, 3.8) is 0 Å². The summed E-state index contributed by atoms with van der Waals surface area (Å²) in [5.41, 5.74) is 2.13. The highest BCUT2D eigenvalue weighted by Crippen LogP contribution is 2.14. The van der Waals surface area contributed by atoms with Crippen LogP contribution in [0.5, 0.6) is 0 Å². The number of ether oxygens (including phenoxy) is 1. The molecule has 0 heterocycles. The molecule has 0 aliphatic carbocycles. The zero-order valence-corrected chi connectivity index (χ0v) is 9.71. The van der Waals surface area contributed by atoms with Crippen LogP contribution >= 0.6 is 0 Å². The fourth-order valence-electron chi connectivity index (χ4n) is 1.34. The van der Waals surface area contributed by atoms with E-state index in [1.165, 1.54) is 12.1 Å². The van der Waals surface area contributed by atoms with Crippen molar-refractivity contribution in [2.75, 3.05) is 6.61 Å². The van der Waals surface area contributed by atoms with Crippen molar-refractivity contribution in [3.05, 3.63) is 40.7 Å². The molecule has 0 aliphatic heterocycles. The Labute approximate surface area is 94.7 Å². The largest absolute Gasteiger partial charge is 0.463 e. The second kappa shape index (κ2) is 5.45. The molecule has 0 radical (unpaired) electrons. The van der Waals surface area contributed by atoms with Crippen molar-refractivity contribution >= 4 is 12.0 Å². The van der Waals surface area contributed by atoms with Crippen molar-refractivity contribution in [3.8, 4) is 0 Å². The third kappa shape index (κ3) is 3.19. The van der Waals surface area contributed by atoms with Crippen LogP contribution < -0.4 is 0 Å². The lowest BCUT2D eigenvalue weighted by molar-refractivity contribution is -0.138. The molecule has 0 aliphatic rings. The topological polar surface area (TPSA) is 26.3 Å². The van der Waals surface area contributed by atoms with E-state index in [0.29, 0.717) is 12.2 Å². The molecule has 86 valence electrons. The lowest BCUT2D eigenvalue weighted by Crippen LogP contribution is -2.04. The molecule has 0 atom stereocenters. The zero-order valence-electron chi connectivity index (χ0n) is 9.71. The van der Waals surface area contributed by atoms with Crippen LogP contribution in [0.2, 0.25) is 0 Å². The highest BCUT2D eigenvalue weighted by Gasteiger charge is 2.05. The normalized spacial score (nSPS) is 11.4. The first-order valence-electron chi connectivity index (χ1n) is 5.16. The Kier molecular flexibility index (Phi) is 4.23. The van der Waals surface area contributed by atoms with E-state index in [4.69, 9.17) is 4.74 Å². The fraction of sp³-hybridized carbons (Fsp3) is 0.308. The summed E-state index contributed by atoms with van der Waals surface area (Å²) in [5.74, 6) is -0.616. The Bertz CT molecular complexity index is 422. The maximum atomic E-state index is 12.9. The standard InChI is InChI=1S/C13H15FO2/c1-4-16-13(15)10(3)7-11-5-6-12(14)8-9(11)2/h5-8H,4H2,1-3H3/b10-7+. The SMILES string of the molecule is CCOC(=O)/C(C)=C/c1ccc(F)cc1C. The first kappa shape index (κ1) is 12.4. The summed E-state index contributed by atoms with van der Waals surface area (Å²) in [4.78, 5) is 11.4. The molecule has 0 bridgehead atoms. The van der Waals surface area contributed by atoms with Gasteiger partial charge in [0.15, 0.2) is 0 Å². The Morgan fingerprint density at radius 3 is 2.75 bits per heavy atom. The maximum absolute atomic E-state index is 12.9. The predicted molar refractivity (Wildman–Crippen MR) is 61.4 cm³/mol. The number of carbonyl (C=O) groups excluding carboxylic acids is 1. The van der Waals surface area contributed by atoms with E-state index in [2.05, 4.69) is 0 Å².